The van der Waals surface area contributed by atoms with Gasteiger partial charge in [-0.2, -0.15) is 0 Å². The summed E-state index contributed by atoms with van der Waals surface area (Å²) in [6.45, 7) is 2.86. The molecule has 2 rings (SSSR count). The van der Waals surface area contributed by atoms with E-state index in [0.29, 0.717) is 0 Å². The maximum absolute atomic E-state index is 12.1. The quantitative estimate of drug-likeness (QED) is 0.846. The van der Waals surface area contributed by atoms with E-state index in [-0.39, 0.29) is 11.9 Å². The van der Waals surface area contributed by atoms with Gasteiger partial charge in [0.1, 0.15) is 5.75 Å². The molecule has 0 saturated heterocycles. The van der Waals surface area contributed by atoms with E-state index < -0.39 is 0 Å². The molecule has 0 bridgehead atoms. The number of methoxy groups -OCH3 is 1. The number of benzene rings is 1. The van der Waals surface area contributed by atoms with Crippen LogP contribution in [0.15, 0.2) is 24.3 Å². The molecular weight excluding hydrogens is 264 g/mol. The summed E-state index contributed by atoms with van der Waals surface area (Å²) in [6, 6.07) is 7.22. The lowest BCUT2D eigenvalue weighted by atomic mass is 9.89. The van der Waals surface area contributed by atoms with Crippen molar-refractivity contribution >= 4 is 11.6 Å². The van der Waals surface area contributed by atoms with Gasteiger partial charge in [0.15, 0.2) is 0 Å². The summed E-state index contributed by atoms with van der Waals surface area (Å²) in [5.41, 5.74) is 0.798. The van der Waals surface area contributed by atoms with Gasteiger partial charge >= 0.3 is 0 Å². The summed E-state index contributed by atoms with van der Waals surface area (Å²) in [4.78, 5) is 12.1. The number of carbonyl (C=O) groups excluding carboxylic acids is 1. The summed E-state index contributed by atoms with van der Waals surface area (Å²) in [5.74, 6) is 1.53. The highest BCUT2D eigenvalue weighted by Crippen LogP contribution is 2.22. The molecule has 0 spiro atoms. The van der Waals surface area contributed by atoms with Gasteiger partial charge in [0, 0.05) is 5.69 Å². The van der Waals surface area contributed by atoms with E-state index in [1.165, 1.54) is 32.1 Å². The molecule has 4 heteroatoms. The molecule has 0 heterocycles. The number of carbonyl (C=O) groups is 1. The van der Waals surface area contributed by atoms with Crippen LogP contribution in [0.1, 0.15) is 39.0 Å². The SMILES string of the molecule is COc1ccc(NC(=O)[C@H](C)NCC2CCCCC2)cc1. The van der Waals surface area contributed by atoms with Crippen molar-refractivity contribution in [2.24, 2.45) is 5.92 Å². The number of hydrogen-bond donors (Lipinski definition) is 2. The van der Waals surface area contributed by atoms with Crippen molar-refractivity contribution in [2.75, 3.05) is 19.0 Å². The summed E-state index contributed by atoms with van der Waals surface area (Å²) in [5, 5.41) is 6.28. The molecule has 1 saturated carbocycles. The van der Waals surface area contributed by atoms with Crippen molar-refractivity contribution in [3.63, 3.8) is 0 Å². The Kier molecular flexibility index (Phi) is 6.05. The highest BCUT2D eigenvalue weighted by atomic mass is 16.5. The third kappa shape index (κ3) is 5.05. The third-order valence-corrected chi connectivity index (χ3v) is 4.19. The molecule has 1 amide bonds. The zero-order chi connectivity index (χ0) is 15.1. The minimum atomic E-state index is -0.172. The largest absolute Gasteiger partial charge is 0.497 e. The normalized spacial score (nSPS) is 17.2. The van der Waals surface area contributed by atoms with Crippen LogP contribution in [0.25, 0.3) is 0 Å². The topological polar surface area (TPSA) is 50.4 Å². The molecular formula is C17H26N2O2. The Morgan fingerprint density at radius 3 is 2.52 bits per heavy atom. The first kappa shape index (κ1) is 15.8. The molecule has 0 unspecified atom stereocenters. The maximum atomic E-state index is 12.1. The van der Waals surface area contributed by atoms with Crippen LogP contribution in [-0.2, 0) is 4.79 Å². The van der Waals surface area contributed by atoms with Crippen LogP contribution in [0.5, 0.6) is 5.75 Å². The van der Waals surface area contributed by atoms with Gasteiger partial charge < -0.3 is 15.4 Å². The molecule has 0 radical (unpaired) electrons. The average Bonchev–Trinajstić information content (AvgIpc) is 2.54. The van der Waals surface area contributed by atoms with Crippen LogP contribution in [0.4, 0.5) is 5.69 Å². The van der Waals surface area contributed by atoms with E-state index in [4.69, 9.17) is 4.74 Å². The molecule has 0 aliphatic heterocycles. The summed E-state index contributed by atoms with van der Waals surface area (Å²) in [6.07, 6.45) is 6.61. The molecule has 1 aliphatic carbocycles. The molecule has 116 valence electrons. The van der Waals surface area contributed by atoms with Crippen LogP contribution < -0.4 is 15.4 Å². The Labute approximate surface area is 127 Å². The van der Waals surface area contributed by atoms with Gasteiger partial charge in [0.2, 0.25) is 5.91 Å². The highest BCUT2D eigenvalue weighted by Gasteiger charge is 2.17. The molecule has 1 fully saturated rings. The fourth-order valence-corrected chi connectivity index (χ4v) is 2.75. The van der Waals surface area contributed by atoms with E-state index in [2.05, 4.69) is 10.6 Å². The van der Waals surface area contributed by atoms with Crippen molar-refractivity contribution in [2.45, 2.75) is 45.1 Å². The van der Waals surface area contributed by atoms with Gasteiger partial charge in [0.05, 0.1) is 13.2 Å². The van der Waals surface area contributed by atoms with Crippen LogP contribution in [-0.4, -0.2) is 25.6 Å². The number of nitrogens with one attached hydrogen (secondary N) is 2. The van der Waals surface area contributed by atoms with Gasteiger partial charge in [-0.1, -0.05) is 19.3 Å². The van der Waals surface area contributed by atoms with Gasteiger partial charge in [0.25, 0.3) is 0 Å². The first-order valence-corrected chi connectivity index (χ1v) is 7.87. The molecule has 2 N–H and O–H groups in total. The van der Waals surface area contributed by atoms with Crippen LogP contribution >= 0.6 is 0 Å². The second-order valence-corrected chi connectivity index (χ2v) is 5.85. The van der Waals surface area contributed by atoms with E-state index >= 15 is 0 Å². The lowest BCUT2D eigenvalue weighted by molar-refractivity contribution is -0.117. The molecule has 1 aromatic carbocycles. The Morgan fingerprint density at radius 2 is 1.90 bits per heavy atom. The number of hydrogen-bond acceptors (Lipinski definition) is 3. The molecule has 4 nitrogen and oxygen atoms in total. The van der Waals surface area contributed by atoms with Gasteiger partial charge in [-0.05, 0) is 56.5 Å². The first-order chi connectivity index (χ1) is 10.2. The molecule has 21 heavy (non-hydrogen) atoms. The lowest BCUT2D eigenvalue weighted by Gasteiger charge is -2.23. The highest BCUT2D eigenvalue weighted by molar-refractivity contribution is 5.94. The van der Waals surface area contributed by atoms with Crippen LogP contribution in [0, 0.1) is 5.92 Å². The molecule has 0 aromatic heterocycles. The third-order valence-electron chi connectivity index (χ3n) is 4.19. The summed E-state index contributed by atoms with van der Waals surface area (Å²) >= 11 is 0. The van der Waals surface area contributed by atoms with E-state index in [1.54, 1.807) is 7.11 Å². The Bertz CT molecular complexity index is 439. The summed E-state index contributed by atoms with van der Waals surface area (Å²) < 4.78 is 5.10. The van der Waals surface area contributed by atoms with Crippen LogP contribution in [0.2, 0.25) is 0 Å². The van der Waals surface area contributed by atoms with Crippen molar-refractivity contribution in [1.82, 2.24) is 5.32 Å². The zero-order valence-corrected chi connectivity index (χ0v) is 13.0. The molecule has 1 aliphatic rings. The first-order valence-electron chi connectivity index (χ1n) is 7.87. The summed E-state index contributed by atoms with van der Waals surface area (Å²) in [7, 11) is 1.63. The standard InChI is InChI=1S/C17H26N2O2/c1-13(18-12-14-6-4-3-5-7-14)17(20)19-15-8-10-16(21-2)11-9-15/h8-11,13-14,18H,3-7,12H2,1-2H3,(H,19,20)/t13-/m0/s1. The minimum Gasteiger partial charge on any atom is -0.497 e. The average molecular weight is 290 g/mol. The van der Waals surface area contributed by atoms with Crippen molar-refractivity contribution in [1.29, 1.82) is 0 Å². The van der Waals surface area contributed by atoms with Crippen molar-refractivity contribution in [3.05, 3.63) is 24.3 Å². The second-order valence-electron chi connectivity index (χ2n) is 5.85. The van der Waals surface area contributed by atoms with Crippen molar-refractivity contribution in [3.8, 4) is 5.75 Å². The molecule has 1 aromatic rings. The number of rotatable bonds is 6. The van der Waals surface area contributed by atoms with Gasteiger partial charge in [-0.15, -0.1) is 0 Å². The van der Waals surface area contributed by atoms with Gasteiger partial charge in [-0.25, -0.2) is 0 Å². The number of anilines is 1. The Morgan fingerprint density at radius 1 is 1.24 bits per heavy atom. The fraction of sp³-hybridized carbons (Fsp3) is 0.588. The Balaban J connectivity index is 1.75. The van der Waals surface area contributed by atoms with E-state index in [9.17, 15) is 4.79 Å². The number of amides is 1. The maximum Gasteiger partial charge on any atom is 0.241 e. The fourth-order valence-electron chi connectivity index (χ4n) is 2.75. The van der Waals surface area contributed by atoms with Gasteiger partial charge in [-0.3, -0.25) is 4.79 Å². The smallest absolute Gasteiger partial charge is 0.241 e. The van der Waals surface area contributed by atoms with Crippen molar-refractivity contribution < 1.29 is 9.53 Å². The second kappa shape index (κ2) is 8.03. The Hall–Kier alpha value is -1.55. The lowest BCUT2D eigenvalue weighted by Crippen LogP contribution is -2.40. The predicted octanol–water partition coefficient (Wildman–Crippen LogP) is 3.19. The monoisotopic (exact) mass is 290 g/mol. The van der Waals surface area contributed by atoms with E-state index in [1.807, 2.05) is 31.2 Å². The molecule has 1 atom stereocenters. The zero-order valence-electron chi connectivity index (χ0n) is 13.0. The van der Waals surface area contributed by atoms with E-state index in [0.717, 1.165) is 23.9 Å². The van der Waals surface area contributed by atoms with Crippen LogP contribution in [0.3, 0.4) is 0 Å². The number of ether oxygens (including phenoxy) is 1. The minimum absolute atomic E-state index is 0.0102. The predicted molar refractivity (Wildman–Crippen MR) is 85.7 cm³/mol.